The number of amides is 2. The van der Waals surface area contributed by atoms with Crippen LogP contribution in [0.4, 0.5) is 4.79 Å². The van der Waals surface area contributed by atoms with Crippen LogP contribution in [0, 0.1) is 0 Å². The van der Waals surface area contributed by atoms with Gasteiger partial charge in [0.2, 0.25) is 0 Å². The Bertz CT molecular complexity index is 237. The topological polar surface area (TPSA) is 67.4 Å². The largest absolute Gasteiger partial charge is 0.379 e. The first-order valence-electron chi connectivity index (χ1n) is 5.31. The predicted molar refractivity (Wildman–Crippen MR) is 55.7 cm³/mol. The number of urea groups is 1. The minimum Gasteiger partial charge on any atom is -0.379 e. The quantitative estimate of drug-likeness (QED) is 0.713. The third-order valence-electron chi connectivity index (χ3n) is 2.44. The van der Waals surface area contributed by atoms with Gasteiger partial charge in [0, 0.05) is 13.0 Å². The summed E-state index contributed by atoms with van der Waals surface area (Å²) >= 11 is 0. The first kappa shape index (κ1) is 12.0. The van der Waals surface area contributed by atoms with E-state index in [1.165, 1.54) is 0 Å². The number of hydrogen-bond donors (Lipinski definition) is 2. The van der Waals surface area contributed by atoms with Crippen LogP contribution >= 0.6 is 0 Å². The molecule has 1 aliphatic heterocycles. The summed E-state index contributed by atoms with van der Waals surface area (Å²) in [5.74, 6) is 0.0350. The highest BCUT2D eigenvalue weighted by Gasteiger charge is 2.19. The number of nitrogens with one attached hydrogen (secondary N) is 2. The molecule has 0 radical (unpaired) electrons. The molecular formula is C10H18N2O3. The number of Topliss-reactive ketones (excluding diaryl/α,β-unsaturated/α-hetero) is 1. The first-order chi connectivity index (χ1) is 7.13. The second-order valence-electron chi connectivity index (χ2n) is 3.72. The standard InChI is InChI=1S/C10H18N2O3/c1-3-9(13)7(2)11-10(14)12-8-4-5-15-6-8/h7-8H,3-6H2,1-2H3,(H2,11,12,14). The molecule has 15 heavy (non-hydrogen) atoms. The fraction of sp³-hybridized carbons (Fsp3) is 0.800. The maximum atomic E-state index is 11.4. The van der Waals surface area contributed by atoms with Crippen molar-refractivity contribution in [1.82, 2.24) is 10.6 Å². The van der Waals surface area contributed by atoms with Gasteiger partial charge in [-0.25, -0.2) is 4.79 Å². The Morgan fingerprint density at radius 1 is 1.53 bits per heavy atom. The zero-order valence-electron chi connectivity index (χ0n) is 9.21. The van der Waals surface area contributed by atoms with Crippen molar-refractivity contribution in [2.75, 3.05) is 13.2 Å². The molecule has 0 aliphatic carbocycles. The molecule has 5 nitrogen and oxygen atoms in total. The van der Waals surface area contributed by atoms with Gasteiger partial charge in [-0.05, 0) is 13.3 Å². The van der Waals surface area contributed by atoms with Gasteiger partial charge in [-0.1, -0.05) is 6.92 Å². The molecule has 2 N–H and O–H groups in total. The monoisotopic (exact) mass is 214 g/mol. The third-order valence-corrected chi connectivity index (χ3v) is 2.44. The SMILES string of the molecule is CCC(=O)C(C)NC(=O)NC1CCOC1. The fourth-order valence-electron chi connectivity index (χ4n) is 1.46. The Morgan fingerprint density at radius 3 is 2.80 bits per heavy atom. The Hall–Kier alpha value is -1.10. The zero-order valence-corrected chi connectivity index (χ0v) is 9.21. The molecule has 2 atom stereocenters. The van der Waals surface area contributed by atoms with Crippen LogP contribution in [-0.4, -0.2) is 37.1 Å². The van der Waals surface area contributed by atoms with E-state index >= 15 is 0 Å². The molecule has 0 saturated carbocycles. The molecule has 1 saturated heterocycles. The highest BCUT2D eigenvalue weighted by Crippen LogP contribution is 2.02. The molecule has 1 fully saturated rings. The number of ether oxygens (including phenoxy) is 1. The predicted octanol–water partition coefficient (Wildman–Crippen LogP) is 0.442. The molecule has 1 aliphatic rings. The van der Waals surface area contributed by atoms with E-state index in [0.29, 0.717) is 19.6 Å². The van der Waals surface area contributed by atoms with Crippen molar-refractivity contribution in [2.24, 2.45) is 0 Å². The summed E-state index contributed by atoms with van der Waals surface area (Å²) < 4.78 is 5.12. The number of hydrogen-bond acceptors (Lipinski definition) is 3. The van der Waals surface area contributed by atoms with Crippen LogP contribution in [0.25, 0.3) is 0 Å². The van der Waals surface area contributed by atoms with Crippen molar-refractivity contribution in [1.29, 1.82) is 0 Å². The van der Waals surface area contributed by atoms with Gasteiger partial charge < -0.3 is 15.4 Å². The van der Waals surface area contributed by atoms with Gasteiger partial charge >= 0.3 is 6.03 Å². The van der Waals surface area contributed by atoms with Crippen molar-refractivity contribution >= 4 is 11.8 Å². The first-order valence-corrected chi connectivity index (χ1v) is 5.31. The van der Waals surface area contributed by atoms with Gasteiger partial charge in [0.15, 0.2) is 5.78 Å². The van der Waals surface area contributed by atoms with E-state index in [-0.39, 0.29) is 17.9 Å². The summed E-state index contributed by atoms with van der Waals surface area (Å²) in [5, 5.41) is 5.36. The van der Waals surface area contributed by atoms with Crippen LogP contribution in [0.2, 0.25) is 0 Å². The third kappa shape index (κ3) is 3.87. The number of carbonyl (C=O) groups is 2. The summed E-state index contributed by atoms with van der Waals surface area (Å²) in [6.07, 6.45) is 1.28. The maximum Gasteiger partial charge on any atom is 0.315 e. The molecule has 0 aromatic carbocycles. The van der Waals surface area contributed by atoms with Gasteiger partial charge in [0.25, 0.3) is 0 Å². The summed E-state index contributed by atoms with van der Waals surface area (Å²) in [5.41, 5.74) is 0. The second-order valence-corrected chi connectivity index (χ2v) is 3.72. The van der Waals surface area contributed by atoms with Crippen molar-refractivity contribution in [2.45, 2.75) is 38.8 Å². The molecule has 2 unspecified atom stereocenters. The Kier molecular flexibility index (Phi) is 4.55. The zero-order chi connectivity index (χ0) is 11.3. The van der Waals surface area contributed by atoms with Crippen LogP contribution in [0.15, 0.2) is 0 Å². The Morgan fingerprint density at radius 2 is 2.27 bits per heavy atom. The van der Waals surface area contributed by atoms with E-state index in [9.17, 15) is 9.59 Å². The van der Waals surface area contributed by atoms with Crippen LogP contribution in [0.3, 0.4) is 0 Å². The Balaban J connectivity index is 2.25. The molecule has 0 bridgehead atoms. The van der Waals surface area contributed by atoms with Gasteiger partial charge in [-0.2, -0.15) is 0 Å². The lowest BCUT2D eigenvalue weighted by molar-refractivity contribution is -0.120. The van der Waals surface area contributed by atoms with Crippen molar-refractivity contribution in [3.05, 3.63) is 0 Å². The lowest BCUT2D eigenvalue weighted by atomic mass is 10.2. The fourth-order valence-corrected chi connectivity index (χ4v) is 1.46. The van der Waals surface area contributed by atoms with Crippen molar-refractivity contribution in [3.8, 4) is 0 Å². The molecular weight excluding hydrogens is 196 g/mol. The summed E-state index contributed by atoms with van der Waals surface area (Å²) in [4.78, 5) is 22.6. The second kappa shape index (κ2) is 5.70. The smallest absolute Gasteiger partial charge is 0.315 e. The van der Waals surface area contributed by atoms with Crippen molar-refractivity contribution in [3.63, 3.8) is 0 Å². The molecule has 0 spiro atoms. The molecule has 5 heteroatoms. The van der Waals surface area contributed by atoms with E-state index in [1.807, 2.05) is 0 Å². The van der Waals surface area contributed by atoms with E-state index in [1.54, 1.807) is 13.8 Å². The number of rotatable bonds is 4. The summed E-state index contributed by atoms with van der Waals surface area (Å²) in [6, 6.07) is -0.633. The van der Waals surface area contributed by atoms with Gasteiger partial charge in [-0.15, -0.1) is 0 Å². The minimum atomic E-state index is -0.419. The van der Waals surface area contributed by atoms with Gasteiger partial charge in [0.05, 0.1) is 18.7 Å². The van der Waals surface area contributed by atoms with E-state index < -0.39 is 6.04 Å². The molecule has 1 rings (SSSR count). The number of ketones is 1. The summed E-state index contributed by atoms with van der Waals surface area (Å²) in [6.45, 7) is 4.72. The highest BCUT2D eigenvalue weighted by molar-refractivity contribution is 5.88. The normalized spacial score (nSPS) is 22.1. The average Bonchev–Trinajstić information content (AvgIpc) is 2.68. The molecule has 1 heterocycles. The van der Waals surface area contributed by atoms with E-state index in [2.05, 4.69) is 10.6 Å². The number of carbonyl (C=O) groups excluding carboxylic acids is 2. The highest BCUT2D eigenvalue weighted by atomic mass is 16.5. The van der Waals surface area contributed by atoms with E-state index in [0.717, 1.165) is 6.42 Å². The van der Waals surface area contributed by atoms with Crippen LogP contribution in [0.1, 0.15) is 26.7 Å². The van der Waals surface area contributed by atoms with Crippen LogP contribution in [-0.2, 0) is 9.53 Å². The van der Waals surface area contributed by atoms with Crippen LogP contribution < -0.4 is 10.6 Å². The minimum absolute atomic E-state index is 0.0350. The lowest BCUT2D eigenvalue weighted by Gasteiger charge is -2.15. The maximum absolute atomic E-state index is 11.4. The van der Waals surface area contributed by atoms with Gasteiger partial charge in [-0.3, -0.25) is 4.79 Å². The molecule has 0 aromatic heterocycles. The van der Waals surface area contributed by atoms with Gasteiger partial charge in [0.1, 0.15) is 0 Å². The Labute approximate surface area is 89.6 Å². The lowest BCUT2D eigenvalue weighted by Crippen LogP contribution is -2.47. The average molecular weight is 214 g/mol. The molecule has 0 aromatic rings. The molecule has 2 amide bonds. The summed E-state index contributed by atoms with van der Waals surface area (Å²) in [7, 11) is 0. The molecule has 86 valence electrons. The van der Waals surface area contributed by atoms with Crippen LogP contribution in [0.5, 0.6) is 0 Å². The van der Waals surface area contributed by atoms with Crippen molar-refractivity contribution < 1.29 is 14.3 Å². The van der Waals surface area contributed by atoms with E-state index in [4.69, 9.17) is 4.74 Å².